The topological polar surface area (TPSA) is 76.2 Å². The van der Waals surface area contributed by atoms with E-state index in [1.807, 2.05) is 6.07 Å². The minimum Gasteiger partial charge on any atom is -0.469 e. The van der Waals surface area contributed by atoms with Crippen LogP contribution in [0.2, 0.25) is 0 Å². The molecule has 0 aliphatic carbocycles. The predicted octanol–water partition coefficient (Wildman–Crippen LogP) is 2.19. The molecule has 0 aliphatic rings. The SMILES string of the molecule is Cc1ccc([N+](=O)[O-])c(OC(C)C#N)c1. The highest BCUT2D eigenvalue weighted by Crippen LogP contribution is 2.28. The molecule has 78 valence electrons. The van der Waals surface area contributed by atoms with Gasteiger partial charge in [0.15, 0.2) is 11.9 Å². The van der Waals surface area contributed by atoms with E-state index < -0.39 is 11.0 Å². The number of ether oxygens (including phenoxy) is 1. The quantitative estimate of drug-likeness (QED) is 0.561. The molecule has 1 rings (SSSR count). The van der Waals surface area contributed by atoms with E-state index in [4.69, 9.17) is 10.00 Å². The molecule has 1 aromatic rings. The summed E-state index contributed by atoms with van der Waals surface area (Å²) < 4.78 is 5.13. The lowest BCUT2D eigenvalue weighted by Gasteiger charge is -2.08. The Labute approximate surface area is 87.1 Å². The summed E-state index contributed by atoms with van der Waals surface area (Å²) in [6, 6.07) is 6.40. The number of hydrogen-bond acceptors (Lipinski definition) is 4. The van der Waals surface area contributed by atoms with Gasteiger partial charge in [-0.15, -0.1) is 0 Å². The van der Waals surface area contributed by atoms with Gasteiger partial charge in [0, 0.05) is 6.07 Å². The normalized spacial score (nSPS) is 11.5. The van der Waals surface area contributed by atoms with Crippen LogP contribution in [-0.2, 0) is 0 Å². The monoisotopic (exact) mass is 206 g/mol. The second kappa shape index (κ2) is 4.42. The van der Waals surface area contributed by atoms with Crippen LogP contribution in [0.1, 0.15) is 12.5 Å². The van der Waals surface area contributed by atoms with Crippen molar-refractivity contribution in [2.45, 2.75) is 20.0 Å². The summed E-state index contributed by atoms with van der Waals surface area (Å²) in [6.45, 7) is 3.33. The zero-order chi connectivity index (χ0) is 11.4. The number of hydrogen-bond donors (Lipinski definition) is 0. The highest BCUT2D eigenvalue weighted by atomic mass is 16.6. The Bertz CT molecular complexity index is 423. The molecular formula is C10H10N2O3. The van der Waals surface area contributed by atoms with Gasteiger partial charge in [-0.1, -0.05) is 6.07 Å². The fourth-order valence-corrected chi connectivity index (χ4v) is 1.08. The van der Waals surface area contributed by atoms with E-state index in [1.165, 1.54) is 13.0 Å². The molecule has 0 spiro atoms. The van der Waals surface area contributed by atoms with Gasteiger partial charge in [-0.25, -0.2) is 0 Å². The van der Waals surface area contributed by atoms with Crippen molar-refractivity contribution in [1.29, 1.82) is 5.26 Å². The summed E-state index contributed by atoms with van der Waals surface area (Å²) in [5.41, 5.74) is 0.725. The first-order valence-corrected chi connectivity index (χ1v) is 4.36. The zero-order valence-corrected chi connectivity index (χ0v) is 8.43. The molecule has 0 radical (unpaired) electrons. The number of nitro groups is 1. The van der Waals surface area contributed by atoms with Gasteiger partial charge in [-0.3, -0.25) is 10.1 Å². The van der Waals surface area contributed by atoms with Gasteiger partial charge in [0.2, 0.25) is 0 Å². The van der Waals surface area contributed by atoms with Crippen molar-refractivity contribution in [3.05, 3.63) is 33.9 Å². The van der Waals surface area contributed by atoms with Crippen LogP contribution in [0, 0.1) is 28.4 Å². The maximum atomic E-state index is 10.6. The molecule has 1 aromatic carbocycles. The minimum atomic E-state index is -0.703. The molecule has 1 atom stereocenters. The van der Waals surface area contributed by atoms with Gasteiger partial charge < -0.3 is 4.74 Å². The van der Waals surface area contributed by atoms with Gasteiger partial charge in [0.1, 0.15) is 6.07 Å². The molecule has 5 heteroatoms. The van der Waals surface area contributed by atoms with Gasteiger partial charge in [-0.05, 0) is 25.5 Å². The molecule has 15 heavy (non-hydrogen) atoms. The molecule has 0 heterocycles. The molecule has 0 amide bonds. The smallest absolute Gasteiger partial charge is 0.310 e. The third kappa shape index (κ3) is 2.68. The molecule has 0 fully saturated rings. The Balaban J connectivity index is 3.08. The van der Waals surface area contributed by atoms with Crippen molar-refractivity contribution in [1.82, 2.24) is 0 Å². The average Bonchev–Trinajstić information content (AvgIpc) is 2.17. The fraction of sp³-hybridized carbons (Fsp3) is 0.300. The molecule has 0 aromatic heterocycles. The number of aryl methyl sites for hydroxylation is 1. The van der Waals surface area contributed by atoms with Crippen molar-refractivity contribution >= 4 is 5.69 Å². The van der Waals surface area contributed by atoms with E-state index in [0.29, 0.717) is 0 Å². The van der Waals surface area contributed by atoms with Crippen molar-refractivity contribution < 1.29 is 9.66 Å². The van der Waals surface area contributed by atoms with Crippen LogP contribution in [0.5, 0.6) is 5.75 Å². The maximum absolute atomic E-state index is 10.6. The zero-order valence-electron chi connectivity index (χ0n) is 8.43. The van der Waals surface area contributed by atoms with Crippen LogP contribution < -0.4 is 4.74 Å². The Morgan fingerprint density at radius 3 is 2.80 bits per heavy atom. The minimum absolute atomic E-state index is 0.123. The Hall–Kier alpha value is -2.09. The van der Waals surface area contributed by atoms with Gasteiger partial charge >= 0.3 is 5.69 Å². The van der Waals surface area contributed by atoms with Crippen LogP contribution in [0.25, 0.3) is 0 Å². The van der Waals surface area contributed by atoms with Crippen LogP contribution in [-0.4, -0.2) is 11.0 Å². The second-order valence-corrected chi connectivity index (χ2v) is 3.12. The third-order valence-electron chi connectivity index (χ3n) is 1.80. The molecular weight excluding hydrogens is 196 g/mol. The van der Waals surface area contributed by atoms with Gasteiger partial charge in [-0.2, -0.15) is 5.26 Å². The lowest BCUT2D eigenvalue weighted by molar-refractivity contribution is -0.386. The maximum Gasteiger partial charge on any atom is 0.310 e. The summed E-state index contributed by atoms with van der Waals surface area (Å²) >= 11 is 0. The number of benzene rings is 1. The molecule has 0 bridgehead atoms. The highest BCUT2D eigenvalue weighted by molar-refractivity contribution is 5.48. The lowest BCUT2D eigenvalue weighted by atomic mass is 10.2. The first kappa shape index (κ1) is 11.0. The molecule has 0 saturated carbocycles. The Morgan fingerprint density at radius 2 is 2.27 bits per heavy atom. The van der Waals surface area contributed by atoms with Crippen molar-refractivity contribution in [3.63, 3.8) is 0 Å². The van der Waals surface area contributed by atoms with Crippen molar-refractivity contribution in [3.8, 4) is 11.8 Å². The average molecular weight is 206 g/mol. The van der Waals surface area contributed by atoms with E-state index in [9.17, 15) is 10.1 Å². The van der Waals surface area contributed by atoms with E-state index in [2.05, 4.69) is 0 Å². The third-order valence-corrected chi connectivity index (χ3v) is 1.80. The van der Waals surface area contributed by atoms with Crippen LogP contribution in [0.15, 0.2) is 18.2 Å². The fourth-order valence-electron chi connectivity index (χ4n) is 1.08. The summed E-state index contributed by atoms with van der Waals surface area (Å²) in [7, 11) is 0. The van der Waals surface area contributed by atoms with Gasteiger partial charge in [0.25, 0.3) is 0 Å². The molecule has 1 unspecified atom stereocenters. The van der Waals surface area contributed by atoms with Crippen molar-refractivity contribution in [2.24, 2.45) is 0 Å². The Morgan fingerprint density at radius 1 is 1.60 bits per heavy atom. The molecule has 0 saturated heterocycles. The lowest BCUT2D eigenvalue weighted by Crippen LogP contribution is -2.09. The largest absolute Gasteiger partial charge is 0.469 e. The summed E-state index contributed by atoms with van der Waals surface area (Å²) in [4.78, 5) is 10.1. The van der Waals surface area contributed by atoms with Gasteiger partial charge in [0.05, 0.1) is 4.92 Å². The van der Waals surface area contributed by atoms with E-state index in [1.54, 1.807) is 19.1 Å². The highest BCUT2D eigenvalue weighted by Gasteiger charge is 2.16. The molecule has 0 aliphatic heterocycles. The van der Waals surface area contributed by atoms with E-state index in [0.717, 1.165) is 5.56 Å². The standard InChI is InChI=1S/C10H10N2O3/c1-7-3-4-9(12(13)14)10(5-7)15-8(2)6-11/h3-5,8H,1-2H3. The first-order chi connectivity index (χ1) is 7.04. The molecule has 0 N–H and O–H groups in total. The first-order valence-electron chi connectivity index (χ1n) is 4.36. The summed E-state index contributed by atoms with van der Waals surface area (Å²) in [5.74, 6) is 0.133. The number of nitrogens with zero attached hydrogens (tertiary/aromatic N) is 2. The van der Waals surface area contributed by atoms with Crippen LogP contribution >= 0.6 is 0 Å². The predicted molar refractivity (Wildman–Crippen MR) is 53.5 cm³/mol. The number of nitriles is 1. The number of rotatable bonds is 3. The van der Waals surface area contributed by atoms with Crippen LogP contribution in [0.4, 0.5) is 5.69 Å². The summed E-state index contributed by atoms with van der Waals surface area (Å²) in [6.07, 6.45) is -0.703. The van der Waals surface area contributed by atoms with Crippen molar-refractivity contribution in [2.75, 3.05) is 0 Å². The van der Waals surface area contributed by atoms with E-state index >= 15 is 0 Å². The summed E-state index contributed by atoms with van der Waals surface area (Å²) in [5, 5.41) is 19.2. The number of nitro benzene ring substituents is 1. The second-order valence-electron chi connectivity index (χ2n) is 3.12. The van der Waals surface area contributed by atoms with Crippen LogP contribution in [0.3, 0.4) is 0 Å². The molecule has 5 nitrogen and oxygen atoms in total. The Kier molecular flexibility index (Phi) is 3.24. The van der Waals surface area contributed by atoms with E-state index in [-0.39, 0.29) is 11.4 Å².